The first-order valence-corrected chi connectivity index (χ1v) is 10.2. The van der Waals surface area contributed by atoms with Gasteiger partial charge >= 0.3 is 0 Å². The summed E-state index contributed by atoms with van der Waals surface area (Å²) in [6.07, 6.45) is 6.30. The monoisotopic (exact) mass is 358 g/mol. The number of carbonyl (C=O) groups excluding carboxylic acids is 1. The number of aromatic nitrogens is 2. The molecule has 4 heterocycles. The molecule has 0 bridgehead atoms. The van der Waals surface area contributed by atoms with Gasteiger partial charge in [0.05, 0.1) is 11.3 Å². The van der Waals surface area contributed by atoms with Crippen LogP contribution in [-0.4, -0.2) is 46.8 Å². The number of rotatable bonds is 3. The summed E-state index contributed by atoms with van der Waals surface area (Å²) in [6, 6.07) is 2.22. The molecule has 2 aromatic heterocycles. The van der Waals surface area contributed by atoms with Crippen LogP contribution < -0.4 is 5.32 Å². The van der Waals surface area contributed by atoms with Crippen molar-refractivity contribution in [2.45, 2.75) is 37.5 Å². The average Bonchev–Trinajstić information content (AvgIpc) is 3.32. The predicted octanol–water partition coefficient (Wildman–Crippen LogP) is 2.97. The molecule has 1 N–H and O–H groups in total. The summed E-state index contributed by atoms with van der Waals surface area (Å²) in [7, 11) is 1.92. The molecule has 134 valence electrons. The number of hydrogen-bond donors (Lipinski definition) is 1. The number of nitrogens with zero attached hydrogens (tertiary/aromatic N) is 3. The minimum atomic E-state index is 0.164. The van der Waals surface area contributed by atoms with Gasteiger partial charge in [0, 0.05) is 38.8 Å². The van der Waals surface area contributed by atoms with E-state index in [-0.39, 0.29) is 5.91 Å². The zero-order chi connectivity index (χ0) is 17.2. The summed E-state index contributed by atoms with van der Waals surface area (Å²) in [5.74, 6) is 1.13. The molecule has 2 saturated heterocycles. The van der Waals surface area contributed by atoms with Crippen molar-refractivity contribution in [2.75, 3.05) is 26.2 Å². The highest BCUT2D eigenvalue weighted by molar-refractivity contribution is 7.07. The van der Waals surface area contributed by atoms with Crippen molar-refractivity contribution >= 4 is 17.2 Å². The number of thiophene rings is 1. The lowest BCUT2D eigenvalue weighted by molar-refractivity contribution is 0.0711. The second-order valence-electron chi connectivity index (χ2n) is 7.27. The number of aryl methyl sites for hydroxylation is 1. The largest absolute Gasteiger partial charge is 0.338 e. The van der Waals surface area contributed by atoms with Crippen molar-refractivity contribution in [2.24, 2.45) is 7.05 Å². The van der Waals surface area contributed by atoms with Gasteiger partial charge in [-0.15, -0.1) is 0 Å². The molecule has 2 aliphatic rings. The molecule has 1 unspecified atom stereocenters. The fraction of sp³-hybridized carbons (Fsp3) is 0.579. The molecule has 0 aliphatic carbocycles. The Morgan fingerprint density at radius 3 is 2.80 bits per heavy atom. The van der Waals surface area contributed by atoms with Crippen molar-refractivity contribution in [3.8, 4) is 0 Å². The molecule has 1 amide bonds. The van der Waals surface area contributed by atoms with E-state index in [9.17, 15) is 4.79 Å². The van der Waals surface area contributed by atoms with E-state index < -0.39 is 0 Å². The number of piperidine rings is 2. The van der Waals surface area contributed by atoms with Crippen LogP contribution in [0.15, 0.2) is 23.0 Å². The van der Waals surface area contributed by atoms with E-state index in [4.69, 9.17) is 0 Å². The molecule has 4 rings (SSSR count). The Morgan fingerprint density at radius 1 is 1.28 bits per heavy atom. The molecule has 2 aliphatic heterocycles. The first-order valence-electron chi connectivity index (χ1n) is 9.28. The Balaban J connectivity index is 1.46. The molecule has 6 heteroatoms. The van der Waals surface area contributed by atoms with Gasteiger partial charge in [-0.3, -0.25) is 9.48 Å². The Bertz CT molecular complexity index is 710. The van der Waals surface area contributed by atoms with Gasteiger partial charge < -0.3 is 10.2 Å². The standard InChI is InChI=1S/C19H26N4OS/c1-22-12-17(18(21-22)15-3-2-7-20-11-15)19(24)23-8-4-14(5-9-23)16-6-10-25-13-16/h6,10,12-15,20H,2-5,7-9,11H2,1H3. The van der Waals surface area contributed by atoms with E-state index in [1.54, 1.807) is 16.0 Å². The normalized spacial score (nSPS) is 22.3. The Morgan fingerprint density at radius 2 is 2.12 bits per heavy atom. The maximum Gasteiger partial charge on any atom is 0.257 e. The third kappa shape index (κ3) is 3.51. The molecule has 0 aromatic carbocycles. The summed E-state index contributed by atoms with van der Waals surface area (Å²) in [6.45, 7) is 3.69. The fourth-order valence-corrected chi connectivity index (χ4v) is 4.89. The SMILES string of the molecule is Cn1cc(C(=O)N2CCC(c3ccsc3)CC2)c(C2CCCNC2)n1. The maximum absolute atomic E-state index is 13.1. The highest BCUT2D eigenvalue weighted by atomic mass is 32.1. The van der Waals surface area contributed by atoms with Crippen LogP contribution in [0.2, 0.25) is 0 Å². The van der Waals surface area contributed by atoms with Crippen LogP contribution in [0.3, 0.4) is 0 Å². The summed E-state index contributed by atoms with van der Waals surface area (Å²) in [5.41, 5.74) is 3.23. The summed E-state index contributed by atoms with van der Waals surface area (Å²) < 4.78 is 1.80. The number of amides is 1. The van der Waals surface area contributed by atoms with Gasteiger partial charge in [-0.1, -0.05) is 0 Å². The molecule has 25 heavy (non-hydrogen) atoms. The summed E-state index contributed by atoms with van der Waals surface area (Å²) in [4.78, 5) is 15.2. The fourth-order valence-electron chi connectivity index (χ4n) is 4.15. The lowest BCUT2D eigenvalue weighted by atomic mass is 9.90. The topological polar surface area (TPSA) is 50.2 Å². The summed E-state index contributed by atoms with van der Waals surface area (Å²) in [5, 5.41) is 12.5. The third-order valence-corrected chi connectivity index (χ3v) is 6.27. The third-order valence-electron chi connectivity index (χ3n) is 5.57. The van der Waals surface area contributed by atoms with Gasteiger partial charge in [0.15, 0.2) is 0 Å². The smallest absolute Gasteiger partial charge is 0.257 e. The van der Waals surface area contributed by atoms with Gasteiger partial charge in [0.2, 0.25) is 0 Å². The zero-order valence-electron chi connectivity index (χ0n) is 14.8. The second-order valence-corrected chi connectivity index (χ2v) is 8.05. The molecule has 2 fully saturated rings. The van der Waals surface area contributed by atoms with Crippen molar-refractivity contribution in [3.05, 3.63) is 39.8 Å². The van der Waals surface area contributed by atoms with Crippen LogP contribution in [0.4, 0.5) is 0 Å². The van der Waals surface area contributed by atoms with Gasteiger partial charge in [0.25, 0.3) is 5.91 Å². The van der Waals surface area contributed by atoms with E-state index in [0.717, 1.165) is 63.1 Å². The first-order chi connectivity index (χ1) is 12.2. The minimum absolute atomic E-state index is 0.164. The van der Waals surface area contributed by atoms with Crippen LogP contribution >= 0.6 is 11.3 Å². The van der Waals surface area contributed by atoms with Gasteiger partial charge in [-0.25, -0.2) is 0 Å². The van der Waals surface area contributed by atoms with E-state index >= 15 is 0 Å². The van der Waals surface area contributed by atoms with Crippen LogP contribution in [0.25, 0.3) is 0 Å². The van der Waals surface area contributed by atoms with Gasteiger partial charge in [0.1, 0.15) is 0 Å². The van der Waals surface area contributed by atoms with E-state index in [1.165, 1.54) is 5.56 Å². The predicted molar refractivity (Wildman–Crippen MR) is 100 cm³/mol. The Hall–Kier alpha value is -1.66. The molecule has 2 aromatic rings. The molecule has 0 radical (unpaired) electrons. The molecule has 0 saturated carbocycles. The molecule has 0 spiro atoms. The highest BCUT2D eigenvalue weighted by Crippen LogP contribution is 2.31. The van der Waals surface area contributed by atoms with Gasteiger partial charge in [-0.2, -0.15) is 16.4 Å². The highest BCUT2D eigenvalue weighted by Gasteiger charge is 2.30. The quantitative estimate of drug-likeness (QED) is 0.918. The first kappa shape index (κ1) is 16.8. The van der Waals surface area contributed by atoms with Crippen LogP contribution in [0.1, 0.15) is 59.1 Å². The number of carbonyl (C=O) groups is 1. The lowest BCUT2D eigenvalue weighted by Gasteiger charge is -2.32. The average molecular weight is 359 g/mol. The van der Waals surface area contributed by atoms with E-state index in [1.807, 2.05) is 18.1 Å². The Labute approximate surface area is 153 Å². The second kappa shape index (κ2) is 7.30. The lowest BCUT2D eigenvalue weighted by Crippen LogP contribution is -2.38. The van der Waals surface area contributed by atoms with Crippen LogP contribution in [-0.2, 0) is 7.05 Å². The molecular weight excluding hydrogens is 332 g/mol. The molecule has 5 nitrogen and oxygen atoms in total. The van der Waals surface area contributed by atoms with Crippen molar-refractivity contribution < 1.29 is 4.79 Å². The van der Waals surface area contributed by atoms with E-state index in [0.29, 0.717) is 11.8 Å². The number of nitrogens with one attached hydrogen (secondary N) is 1. The van der Waals surface area contributed by atoms with Crippen LogP contribution in [0.5, 0.6) is 0 Å². The summed E-state index contributed by atoms with van der Waals surface area (Å²) >= 11 is 1.76. The van der Waals surface area contributed by atoms with Gasteiger partial charge in [-0.05, 0) is 60.5 Å². The maximum atomic E-state index is 13.1. The zero-order valence-corrected chi connectivity index (χ0v) is 15.6. The van der Waals surface area contributed by atoms with Crippen LogP contribution in [0, 0.1) is 0 Å². The Kier molecular flexibility index (Phi) is 4.90. The molecule has 1 atom stereocenters. The minimum Gasteiger partial charge on any atom is -0.338 e. The molecular formula is C19H26N4OS. The van der Waals surface area contributed by atoms with Crippen molar-refractivity contribution in [1.29, 1.82) is 0 Å². The number of hydrogen-bond acceptors (Lipinski definition) is 4. The van der Waals surface area contributed by atoms with E-state index in [2.05, 4.69) is 27.2 Å². The van der Waals surface area contributed by atoms with Crippen molar-refractivity contribution in [1.82, 2.24) is 20.0 Å². The van der Waals surface area contributed by atoms with Crippen molar-refractivity contribution in [3.63, 3.8) is 0 Å². The number of likely N-dealkylation sites (tertiary alicyclic amines) is 1.